The maximum atomic E-state index is 2.65. The third-order valence-electron chi connectivity index (χ3n) is 9.71. The number of hydrogen-bond donors (Lipinski definition) is 0. The second-order valence-electron chi connectivity index (χ2n) is 12.4. The number of halogens is 2. The summed E-state index contributed by atoms with van der Waals surface area (Å²) in [6, 6.07) is 13.9. The zero-order valence-electron chi connectivity index (χ0n) is 25.0. The van der Waals surface area contributed by atoms with E-state index in [2.05, 4.69) is 135 Å². The first-order valence-corrected chi connectivity index (χ1v) is 24.6. The zero-order chi connectivity index (χ0) is 27.4. The van der Waals surface area contributed by atoms with Gasteiger partial charge in [0.25, 0.3) is 0 Å². The van der Waals surface area contributed by atoms with E-state index in [1.807, 2.05) is 0 Å². The van der Waals surface area contributed by atoms with Gasteiger partial charge in [-0.3, -0.25) is 0 Å². The van der Waals surface area contributed by atoms with Crippen LogP contribution < -0.4 is 24.8 Å². The molecule has 211 valence electrons. The van der Waals surface area contributed by atoms with Gasteiger partial charge in [-0.25, -0.2) is 0 Å². The third-order valence-corrected chi connectivity index (χ3v) is 31.1. The van der Waals surface area contributed by atoms with Crippen molar-refractivity contribution >= 4 is 51.0 Å². The Bertz CT molecular complexity index is 1860. The van der Waals surface area contributed by atoms with Crippen molar-refractivity contribution in [3.05, 3.63) is 118 Å². The fraction of sp³-hybridized carbons (Fsp3) is 0.222. The molecule has 0 radical (unpaired) electrons. The van der Waals surface area contributed by atoms with Crippen molar-refractivity contribution in [2.24, 2.45) is 14.1 Å². The SMILES string of the molecule is Cc1ccc2c(c1)c1c(n2C)C2=CC=C[CH]([Zr+2]([CH]3C=CC=C4C3=Cc3c4n(C)c4ccc(C)cc34)[SiH](C)C)C2=C1.[Cl-].[Cl-]. The van der Waals surface area contributed by atoms with E-state index in [0.29, 0.717) is 7.25 Å². The normalized spacial score (nSPS) is 19.4. The van der Waals surface area contributed by atoms with E-state index in [4.69, 9.17) is 0 Å². The molecule has 2 atom stereocenters. The van der Waals surface area contributed by atoms with E-state index in [1.54, 1.807) is 11.1 Å². The molecule has 2 nitrogen and oxygen atoms in total. The number of aromatic nitrogens is 2. The minimum Gasteiger partial charge on any atom is -1.00 e. The second kappa shape index (κ2) is 10.7. The molecule has 0 N–H and O–H groups in total. The molecule has 0 fully saturated rings. The summed E-state index contributed by atoms with van der Waals surface area (Å²) in [6.07, 6.45) is 20.0. The first-order chi connectivity index (χ1) is 19.3. The van der Waals surface area contributed by atoms with Crippen LogP contribution in [0.25, 0.3) is 45.1 Å². The number of rotatable bonds is 3. The fourth-order valence-corrected chi connectivity index (χ4v) is 28.9. The third kappa shape index (κ3) is 4.05. The van der Waals surface area contributed by atoms with Crippen LogP contribution in [0.1, 0.15) is 33.6 Å². The number of fused-ring (bicyclic) bond motifs is 10. The number of allylic oxidation sites excluding steroid dienone is 10. The predicted molar refractivity (Wildman–Crippen MR) is 172 cm³/mol. The molecule has 0 spiro atoms. The molecule has 6 heteroatoms. The molecule has 2 unspecified atom stereocenters. The van der Waals surface area contributed by atoms with Crippen LogP contribution >= 0.6 is 0 Å². The topological polar surface area (TPSA) is 9.86 Å². The summed E-state index contributed by atoms with van der Waals surface area (Å²) in [5.41, 5.74) is 17.3. The van der Waals surface area contributed by atoms with Crippen molar-refractivity contribution in [3.8, 4) is 0 Å². The largest absolute Gasteiger partial charge is 1.00 e. The second-order valence-corrected chi connectivity index (χ2v) is 32.7. The average molecular weight is 686 g/mol. The standard InChI is InChI=1S/2C17H14N.C2H7Si.2ClH.Zr/c2*1-11-7-8-16-14(9-11)15-10-12-5-3-4-6-13(12)17(15)18(16)2;1-3-2;;;/h2*3-10H,1-2H3;3H,1-2H3;2*1H;/q;;;;;+2/p-2. The van der Waals surface area contributed by atoms with Crippen molar-refractivity contribution in [3.63, 3.8) is 0 Å². The average Bonchev–Trinajstić information content (AvgIpc) is 3.64. The Morgan fingerprint density at radius 1 is 0.667 bits per heavy atom. The summed E-state index contributed by atoms with van der Waals surface area (Å²) in [4.78, 5) is 0. The molecule has 2 aromatic carbocycles. The Morgan fingerprint density at radius 2 is 1.10 bits per heavy atom. The maximum absolute atomic E-state index is 2.65. The predicted octanol–water partition coefficient (Wildman–Crippen LogP) is 2.87. The van der Waals surface area contributed by atoms with Crippen molar-refractivity contribution in [2.75, 3.05) is 0 Å². The van der Waals surface area contributed by atoms with Gasteiger partial charge in [-0.2, -0.15) is 0 Å². The Kier molecular flexibility index (Phi) is 7.54. The van der Waals surface area contributed by atoms with E-state index >= 15 is 0 Å². The van der Waals surface area contributed by atoms with Crippen molar-refractivity contribution in [2.45, 2.75) is 34.2 Å². The summed E-state index contributed by atoms with van der Waals surface area (Å²) in [5, 5.41) is 2.81. The van der Waals surface area contributed by atoms with E-state index in [-0.39, 0.29) is 24.8 Å². The molecule has 2 heterocycles. The first kappa shape index (κ1) is 29.7. The van der Waals surface area contributed by atoms with E-state index in [1.165, 1.54) is 66.6 Å². The van der Waals surface area contributed by atoms with Crippen LogP contribution in [-0.4, -0.2) is 15.1 Å². The summed E-state index contributed by atoms with van der Waals surface area (Å²) in [6.45, 7) is 9.73. The molecule has 0 bridgehead atoms. The summed E-state index contributed by atoms with van der Waals surface area (Å²) < 4.78 is 6.13. The van der Waals surface area contributed by atoms with Gasteiger partial charge in [0.1, 0.15) is 0 Å². The van der Waals surface area contributed by atoms with Gasteiger partial charge in [0.2, 0.25) is 0 Å². The molecular formula is C36H35Cl2N2SiZr. The smallest absolute Gasteiger partial charge is 1.00 e. The molecule has 42 heavy (non-hydrogen) atoms. The summed E-state index contributed by atoms with van der Waals surface area (Å²) >= 11 is -2.06. The summed E-state index contributed by atoms with van der Waals surface area (Å²) in [7, 11) is 4.51. The van der Waals surface area contributed by atoms with E-state index in [0.717, 1.165) is 0 Å². The molecule has 0 saturated carbocycles. The van der Waals surface area contributed by atoms with Crippen LogP contribution in [0.15, 0.2) is 84.0 Å². The number of nitrogens with zero attached hydrogens (tertiary/aromatic N) is 2. The van der Waals surface area contributed by atoms with Crippen molar-refractivity contribution in [1.29, 1.82) is 0 Å². The van der Waals surface area contributed by atoms with Crippen LogP contribution in [0.4, 0.5) is 0 Å². The first-order valence-electron chi connectivity index (χ1n) is 14.6. The van der Waals surface area contributed by atoms with Crippen LogP contribution in [-0.2, 0) is 35.0 Å². The Labute approximate surface area is 269 Å². The minimum atomic E-state index is -2.06. The molecule has 4 aliphatic rings. The van der Waals surface area contributed by atoms with Gasteiger partial charge in [-0.15, -0.1) is 0 Å². The number of aryl methyl sites for hydroxylation is 4. The van der Waals surface area contributed by atoms with Crippen LogP contribution in [0.2, 0.25) is 20.3 Å². The monoisotopic (exact) mass is 683 g/mol. The van der Waals surface area contributed by atoms with Gasteiger partial charge < -0.3 is 24.8 Å². The molecular weight excluding hydrogens is 651 g/mol. The molecule has 0 aliphatic heterocycles. The molecule has 8 rings (SSSR count). The van der Waals surface area contributed by atoms with Gasteiger partial charge >= 0.3 is 247 Å². The molecule has 0 saturated heterocycles. The molecule has 2 aromatic heterocycles. The zero-order valence-corrected chi connectivity index (χ0v) is 30.1. The Morgan fingerprint density at radius 3 is 1.50 bits per heavy atom. The van der Waals surface area contributed by atoms with E-state index < -0.39 is 26.8 Å². The number of benzene rings is 2. The number of hydrogen-bond acceptors (Lipinski definition) is 0. The molecule has 4 aliphatic carbocycles. The minimum absolute atomic E-state index is 0. The summed E-state index contributed by atoms with van der Waals surface area (Å²) in [5.74, 6) is -0.888. The molecule has 0 amide bonds. The van der Waals surface area contributed by atoms with E-state index in [9.17, 15) is 0 Å². The maximum Gasteiger partial charge on any atom is -1.00 e. The van der Waals surface area contributed by atoms with Crippen LogP contribution in [0, 0.1) is 13.8 Å². The Balaban J connectivity index is 0.00000158. The molecule has 4 aromatic rings. The van der Waals surface area contributed by atoms with Gasteiger partial charge in [-0.05, 0) is 0 Å². The quantitative estimate of drug-likeness (QED) is 0.294. The van der Waals surface area contributed by atoms with Crippen molar-refractivity contribution in [1.82, 2.24) is 9.13 Å². The fourth-order valence-electron chi connectivity index (χ4n) is 7.95. The van der Waals surface area contributed by atoms with Gasteiger partial charge in [0.15, 0.2) is 0 Å². The van der Waals surface area contributed by atoms with Gasteiger partial charge in [0.05, 0.1) is 0 Å². The van der Waals surface area contributed by atoms with Crippen LogP contribution in [0.5, 0.6) is 0 Å². The van der Waals surface area contributed by atoms with Crippen molar-refractivity contribution < 1.29 is 45.7 Å². The van der Waals surface area contributed by atoms with Gasteiger partial charge in [-0.1, -0.05) is 0 Å². The Hall–Kier alpha value is -2.36. The van der Waals surface area contributed by atoms with Crippen LogP contribution in [0.3, 0.4) is 0 Å². The van der Waals surface area contributed by atoms with Gasteiger partial charge in [0, 0.05) is 0 Å².